The van der Waals surface area contributed by atoms with Crippen molar-refractivity contribution in [2.75, 3.05) is 31.3 Å². The Morgan fingerprint density at radius 3 is 2.26 bits per heavy atom. The number of benzene rings is 2. The van der Waals surface area contributed by atoms with Gasteiger partial charge >= 0.3 is 5.97 Å². The monoisotopic (exact) mass is 391 g/mol. The molecule has 0 fully saturated rings. The molecule has 144 valence electrons. The molecule has 2 aromatic rings. The van der Waals surface area contributed by atoms with Gasteiger partial charge in [-0.2, -0.15) is 0 Å². The third-order valence-corrected chi connectivity index (χ3v) is 5.17. The van der Waals surface area contributed by atoms with E-state index in [9.17, 15) is 18.0 Å². The molecule has 0 N–H and O–H groups in total. The molecule has 0 saturated heterocycles. The van der Waals surface area contributed by atoms with Gasteiger partial charge in [0.05, 0.1) is 19.1 Å². The Labute approximate surface area is 158 Å². The van der Waals surface area contributed by atoms with Crippen LogP contribution >= 0.6 is 0 Å². The molecule has 0 atom stereocenters. The Bertz CT molecular complexity index is 951. The number of carbonyl (C=O) groups excluding carboxylic acids is 2. The molecule has 0 bridgehead atoms. The van der Waals surface area contributed by atoms with Gasteiger partial charge in [0, 0.05) is 12.6 Å². The number of hydrogen-bond donors (Lipinski definition) is 0. The Balaban J connectivity index is 2.06. The van der Waals surface area contributed by atoms with Gasteiger partial charge in [-0.25, -0.2) is 13.2 Å². The van der Waals surface area contributed by atoms with Crippen LogP contribution < -0.4 is 9.04 Å². The van der Waals surface area contributed by atoms with E-state index in [1.54, 1.807) is 18.2 Å². The number of carbonyl (C=O) groups is 2. The van der Waals surface area contributed by atoms with Crippen molar-refractivity contribution >= 4 is 27.5 Å². The van der Waals surface area contributed by atoms with Crippen LogP contribution in [0.5, 0.6) is 5.75 Å². The summed E-state index contributed by atoms with van der Waals surface area (Å²) in [6.45, 7) is 1.40. The van der Waals surface area contributed by atoms with Crippen molar-refractivity contribution < 1.29 is 27.5 Å². The van der Waals surface area contributed by atoms with Crippen molar-refractivity contribution in [1.82, 2.24) is 0 Å². The largest absolute Gasteiger partial charge is 0.496 e. The average molecular weight is 391 g/mol. The first-order valence-corrected chi connectivity index (χ1v) is 9.87. The molecule has 0 aliphatic heterocycles. The molecule has 0 unspecified atom stereocenters. The molecular weight excluding hydrogens is 370 g/mol. The lowest BCUT2D eigenvalue weighted by Crippen LogP contribution is -2.24. The lowest BCUT2D eigenvalue weighted by Gasteiger charge is -2.16. The summed E-state index contributed by atoms with van der Waals surface area (Å²) in [6.07, 6.45) is 1.09. The first-order valence-electron chi connectivity index (χ1n) is 8.02. The van der Waals surface area contributed by atoms with E-state index in [4.69, 9.17) is 9.47 Å². The fourth-order valence-electron chi connectivity index (χ4n) is 2.32. The second-order valence-corrected chi connectivity index (χ2v) is 7.99. The third kappa shape index (κ3) is 5.07. The Morgan fingerprint density at radius 2 is 1.70 bits per heavy atom. The molecule has 2 aromatic carbocycles. The molecular formula is C19H21NO6S. The molecule has 0 aliphatic rings. The second-order valence-electron chi connectivity index (χ2n) is 5.98. The number of methoxy groups -OCH3 is 1. The van der Waals surface area contributed by atoms with Gasteiger partial charge in [0.15, 0.2) is 12.4 Å². The molecule has 7 nitrogen and oxygen atoms in total. The summed E-state index contributed by atoms with van der Waals surface area (Å²) >= 11 is 0. The van der Waals surface area contributed by atoms with Gasteiger partial charge in [-0.1, -0.05) is 11.6 Å². The van der Waals surface area contributed by atoms with E-state index >= 15 is 0 Å². The number of aryl methyl sites for hydroxylation is 1. The molecule has 0 aromatic heterocycles. The van der Waals surface area contributed by atoms with Crippen LogP contribution in [0.2, 0.25) is 0 Å². The van der Waals surface area contributed by atoms with E-state index in [-0.39, 0.29) is 5.56 Å². The zero-order valence-electron chi connectivity index (χ0n) is 15.6. The molecule has 0 spiro atoms. The van der Waals surface area contributed by atoms with Crippen molar-refractivity contribution in [1.29, 1.82) is 0 Å². The molecule has 0 amide bonds. The fraction of sp³-hybridized carbons (Fsp3) is 0.263. The average Bonchev–Trinajstić information content (AvgIpc) is 2.64. The highest BCUT2D eigenvalue weighted by Gasteiger charge is 2.17. The minimum absolute atomic E-state index is 0.246. The van der Waals surface area contributed by atoms with Crippen LogP contribution in [0.4, 0.5) is 5.69 Å². The van der Waals surface area contributed by atoms with Gasteiger partial charge in [0.25, 0.3) is 0 Å². The number of anilines is 1. The first kappa shape index (κ1) is 20.4. The minimum Gasteiger partial charge on any atom is -0.496 e. The minimum atomic E-state index is -3.38. The highest BCUT2D eigenvalue weighted by atomic mass is 32.2. The first-order chi connectivity index (χ1) is 12.6. The van der Waals surface area contributed by atoms with Crippen LogP contribution in [-0.2, 0) is 14.8 Å². The van der Waals surface area contributed by atoms with Crippen LogP contribution in [0.15, 0.2) is 42.5 Å². The standard InChI is InChI=1S/C19H21NO6S/c1-13-5-10-18(25-3)16(11-13)19(22)26-12-17(21)14-6-8-15(9-7-14)20(2)27(4,23)24/h5-11H,12H2,1-4H3. The Hall–Kier alpha value is -2.87. The van der Waals surface area contributed by atoms with Crippen LogP contribution in [0.3, 0.4) is 0 Å². The van der Waals surface area contributed by atoms with Gasteiger partial charge < -0.3 is 9.47 Å². The number of ketones is 1. The SMILES string of the molecule is COc1ccc(C)cc1C(=O)OCC(=O)c1ccc(N(C)S(C)(=O)=O)cc1. The smallest absolute Gasteiger partial charge is 0.342 e. The lowest BCUT2D eigenvalue weighted by atomic mass is 10.1. The molecule has 0 heterocycles. The van der Waals surface area contributed by atoms with E-state index < -0.39 is 28.4 Å². The number of esters is 1. The zero-order chi connectivity index (χ0) is 20.2. The molecule has 0 saturated carbocycles. The van der Waals surface area contributed by atoms with Gasteiger partial charge in [0.1, 0.15) is 11.3 Å². The number of nitrogens with zero attached hydrogens (tertiary/aromatic N) is 1. The van der Waals surface area contributed by atoms with Crippen LogP contribution in [0.1, 0.15) is 26.3 Å². The Morgan fingerprint density at radius 1 is 1.07 bits per heavy atom. The van der Waals surface area contributed by atoms with E-state index in [0.717, 1.165) is 16.1 Å². The summed E-state index contributed by atoms with van der Waals surface area (Å²) in [5.41, 5.74) is 1.84. The second kappa shape index (κ2) is 8.22. The van der Waals surface area contributed by atoms with Crippen LogP contribution in [-0.4, -0.2) is 47.2 Å². The van der Waals surface area contributed by atoms with Gasteiger partial charge in [0.2, 0.25) is 10.0 Å². The lowest BCUT2D eigenvalue weighted by molar-refractivity contribution is 0.0471. The topological polar surface area (TPSA) is 90.0 Å². The van der Waals surface area contributed by atoms with Crippen molar-refractivity contribution in [3.05, 3.63) is 59.2 Å². The van der Waals surface area contributed by atoms with Crippen molar-refractivity contribution in [3.8, 4) is 5.75 Å². The molecule has 2 rings (SSSR count). The van der Waals surface area contributed by atoms with Crippen molar-refractivity contribution in [2.45, 2.75) is 6.92 Å². The maximum absolute atomic E-state index is 12.2. The molecule has 0 aliphatic carbocycles. The van der Waals surface area contributed by atoms with E-state index in [1.165, 1.54) is 38.4 Å². The van der Waals surface area contributed by atoms with Gasteiger partial charge in [-0.3, -0.25) is 9.10 Å². The number of rotatable bonds is 7. The number of sulfonamides is 1. The summed E-state index contributed by atoms with van der Waals surface area (Å²) < 4.78 is 34.4. The zero-order valence-corrected chi connectivity index (χ0v) is 16.4. The van der Waals surface area contributed by atoms with Crippen molar-refractivity contribution in [3.63, 3.8) is 0 Å². The number of Topliss-reactive ketones (excluding diaryl/α,β-unsaturated/α-hetero) is 1. The molecule has 0 radical (unpaired) electrons. The van der Waals surface area contributed by atoms with Gasteiger partial charge in [-0.05, 0) is 43.3 Å². The number of ether oxygens (including phenoxy) is 2. The summed E-state index contributed by atoms with van der Waals surface area (Å²) in [7, 11) is -0.518. The normalized spacial score (nSPS) is 11.0. The maximum Gasteiger partial charge on any atom is 0.342 e. The van der Waals surface area contributed by atoms with Gasteiger partial charge in [-0.15, -0.1) is 0 Å². The summed E-state index contributed by atoms with van der Waals surface area (Å²) in [5, 5.41) is 0. The fourth-order valence-corrected chi connectivity index (χ4v) is 2.83. The van der Waals surface area contributed by atoms with E-state index in [1.807, 2.05) is 6.92 Å². The van der Waals surface area contributed by atoms with E-state index in [0.29, 0.717) is 17.0 Å². The predicted molar refractivity (Wildman–Crippen MR) is 102 cm³/mol. The quantitative estimate of drug-likeness (QED) is 0.532. The highest BCUT2D eigenvalue weighted by molar-refractivity contribution is 7.92. The number of hydrogen-bond acceptors (Lipinski definition) is 6. The highest BCUT2D eigenvalue weighted by Crippen LogP contribution is 2.21. The van der Waals surface area contributed by atoms with Crippen molar-refractivity contribution in [2.24, 2.45) is 0 Å². The summed E-state index contributed by atoms with van der Waals surface area (Å²) in [5.74, 6) is -0.688. The summed E-state index contributed by atoms with van der Waals surface area (Å²) in [6, 6.07) is 11.1. The maximum atomic E-state index is 12.2. The Kier molecular flexibility index (Phi) is 6.22. The predicted octanol–water partition coefficient (Wildman–Crippen LogP) is 2.44. The molecule has 27 heavy (non-hydrogen) atoms. The van der Waals surface area contributed by atoms with E-state index in [2.05, 4.69) is 0 Å². The molecule has 8 heteroatoms. The van der Waals surface area contributed by atoms with Crippen LogP contribution in [0.25, 0.3) is 0 Å². The van der Waals surface area contributed by atoms with Crippen LogP contribution in [0, 0.1) is 6.92 Å². The third-order valence-electron chi connectivity index (χ3n) is 3.96. The summed E-state index contributed by atoms with van der Waals surface area (Å²) in [4.78, 5) is 24.5.